The van der Waals surface area contributed by atoms with E-state index in [1.807, 2.05) is 0 Å². The molecule has 0 amide bonds. The molecule has 1 aliphatic carbocycles. The normalized spacial score (nSPS) is 25.2. The van der Waals surface area contributed by atoms with Crippen LogP contribution in [0.4, 0.5) is 0 Å². The van der Waals surface area contributed by atoms with Gasteiger partial charge in [-0.15, -0.1) is 0 Å². The van der Waals surface area contributed by atoms with Crippen molar-refractivity contribution in [3.05, 3.63) is 0 Å². The fourth-order valence-electron chi connectivity index (χ4n) is 3.22. The standard InChI is InChI=1S/C15H30N2/c1-14-7-10-17(11-8-14)12-9-16-13-15-5-3-2-4-6-15/h14-16H,2-13H2,1H3. The van der Waals surface area contributed by atoms with E-state index in [1.165, 1.54) is 77.7 Å². The van der Waals surface area contributed by atoms with Gasteiger partial charge in [0.2, 0.25) is 0 Å². The molecule has 1 N–H and O–H groups in total. The Hall–Kier alpha value is -0.0800. The van der Waals surface area contributed by atoms with Gasteiger partial charge in [0.1, 0.15) is 0 Å². The van der Waals surface area contributed by atoms with Gasteiger partial charge in [0.15, 0.2) is 0 Å². The van der Waals surface area contributed by atoms with E-state index in [9.17, 15) is 0 Å². The number of nitrogens with one attached hydrogen (secondary N) is 1. The Morgan fingerprint density at radius 2 is 1.71 bits per heavy atom. The van der Waals surface area contributed by atoms with Crippen molar-refractivity contribution in [2.75, 3.05) is 32.7 Å². The fourth-order valence-corrected chi connectivity index (χ4v) is 3.22. The van der Waals surface area contributed by atoms with Gasteiger partial charge < -0.3 is 10.2 Å². The summed E-state index contributed by atoms with van der Waals surface area (Å²) >= 11 is 0. The molecule has 2 rings (SSSR count). The summed E-state index contributed by atoms with van der Waals surface area (Å²) in [6.45, 7) is 8.77. The molecule has 17 heavy (non-hydrogen) atoms. The van der Waals surface area contributed by atoms with Crippen LogP contribution in [0.25, 0.3) is 0 Å². The van der Waals surface area contributed by atoms with Gasteiger partial charge in [-0.2, -0.15) is 0 Å². The van der Waals surface area contributed by atoms with Crippen LogP contribution in [0.3, 0.4) is 0 Å². The fraction of sp³-hybridized carbons (Fsp3) is 1.00. The van der Waals surface area contributed by atoms with E-state index >= 15 is 0 Å². The molecule has 2 fully saturated rings. The molecule has 2 heteroatoms. The van der Waals surface area contributed by atoms with Gasteiger partial charge in [-0.1, -0.05) is 26.2 Å². The number of rotatable bonds is 5. The maximum Gasteiger partial charge on any atom is 0.0107 e. The lowest BCUT2D eigenvalue weighted by atomic mass is 9.89. The summed E-state index contributed by atoms with van der Waals surface area (Å²) in [5.41, 5.74) is 0. The van der Waals surface area contributed by atoms with Crippen molar-refractivity contribution >= 4 is 0 Å². The number of hydrogen-bond donors (Lipinski definition) is 1. The van der Waals surface area contributed by atoms with E-state index < -0.39 is 0 Å². The van der Waals surface area contributed by atoms with E-state index in [2.05, 4.69) is 17.1 Å². The first kappa shape index (κ1) is 13.4. The second kappa shape index (κ2) is 7.38. The second-order valence-electron chi connectivity index (χ2n) is 6.23. The van der Waals surface area contributed by atoms with E-state index in [-0.39, 0.29) is 0 Å². The molecule has 1 saturated carbocycles. The maximum atomic E-state index is 3.67. The SMILES string of the molecule is CC1CCN(CCNCC2CCCCC2)CC1. The molecular formula is C15H30N2. The minimum absolute atomic E-state index is 0.960. The number of hydrogen-bond acceptors (Lipinski definition) is 2. The molecule has 1 saturated heterocycles. The summed E-state index contributed by atoms with van der Waals surface area (Å²) in [5, 5.41) is 3.67. The third kappa shape index (κ3) is 4.97. The highest BCUT2D eigenvalue weighted by Crippen LogP contribution is 2.22. The van der Waals surface area contributed by atoms with Crippen LogP contribution >= 0.6 is 0 Å². The van der Waals surface area contributed by atoms with Gasteiger partial charge in [0.05, 0.1) is 0 Å². The number of likely N-dealkylation sites (tertiary alicyclic amines) is 1. The first-order valence-electron chi connectivity index (χ1n) is 7.77. The summed E-state index contributed by atoms with van der Waals surface area (Å²) in [6.07, 6.45) is 10.2. The van der Waals surface area contributed by atoms with E-state index in [0.717, 1.165) is 11.8 Å². The summed E-state index contributed by atoms with van der Waals surface area (Å²) in [4.78, 5) is 2.63. The van der Waals surface area contributed by atoms with Crippen molar-refractivity contribution in [2.24, 2.45) is 11.8 Å². The zero-order chi connectivity index (χ0) is 11.9. The molecule has 0 unspecified atom stereocenters. The quantitative estimate of drug-likeness (QED) is 0.741. The van der Waals surface area contributed by atoms with Crippen LogP contribution < -0.4 is 5.32 Å². The lowest BCUT2D eigenvalue weighted by Gasteiger charge is -2.30. The van der Waals surface area contributed by atoms with Gasteiger partial charge in [-0.3, -0.25) is 0 Å². The van der Waals surface area contributed by atoms with E-state index in [4.69, 9.17) is 0 Å². The van der Waals surface area contributed by atoms with Crippen LogP contribution in [-0.4, -0.2) is 37.6 Å². The van der Waals surface area contributed by atoms with Crippen LogP contribution in [0.15, 0.2) is 0 Å². The Labute approximate surface area is 107 Å². The highest BCUT2D eigenvalue weighted by molar-refractivity contribution is 4.71. The lowest BCUT2D eigenvalue weighted by Crippen LogP contribution is -2.38. The minimum atomic E-state index is 0.960. The van der Waals surface area contributed by atoms with Crippen LogP contribution in [-0.2, 0) is 0 Å². The molecule has 100 valence electrons. The highest BCUT2D eigenvalue weighted by Gasteiger charge is 2.15. The topological polar surface area (TPSA) is 15.3 Å². The molecular weight excluding hydrogens is 208 g/mol. The van der Waals surface area contributed by atoms with Crippen LogP contribution in [0.5, 0.6) is 0 Å². The van der Waals surface area contributed by atoms with Crippen molar-refractivity contribution in [3.63, 3.8) is 0 Å². The Bertz CT molecular complexity index is 191. The van der Waals surface area contributed by atoms with Crippen LogP contribution in [0.1, 0.15) is 51.9 Å². The molecule has 0 spiro atoms. The predicted octanol–water partition coefficient (Wildman–Crippen LogP) is 2.89. The minimum Gasteiger partial charge on any atom is -0.315 e. The summed E-state index contributed by atoms with van der Waals surface area (Å²) in [6, 6.07) is 0. The Morgan fingerprint density at radius 3 is 2.41 bits per heavy atom. The highest BCUT2D eigenvalue weighted by atomic mass is 15.1. The van der Waals surface area contributed by atoms with Gasteiger partial charge >= 0.3 is 0 Å². The average molecular weight is 238 g/mol. The zero-order valence-electron chi connectivity index (χ0n) is 11.6. The van der Waals surface area contributed by atoms with Crippen molar-refractivity contribution in [1.82, 2.24) is 10.2 Å². The molecule has 0 radical (unpaired) electrons. The first-order chi connectivity index (χ1) is 8.34. The summed E-state index contributed by atoms with van der Waals surface area (Å²) < 4.78 is 0. The summed E-state index contributed by atoms with van der Waals surface area (Å²) in [7, 11) is 0. The monoisotopic (exact) mass is 238 g/mol. The van der Waals surface area contributed by atoms with Crippen molar-refractivity contribution < 1.29 is 0 Å². The first-order valence-corrected chi connectivity index (χ1v) is 7.77. The Kier molecular flexibility index (Phi) is 5.79. The molecule has 0 bridgehead atoms. The molecule has 1 aliphatic heterocycles. The third-order valence-electron chi connectivity index (χ3n) is 4.64. The molecule has 0 aromatic carbocycles. The van der Waals surface area contributed by atoms with Gasteiger partial charge in [-0.05, 0) is 57.2 Å². The van der Waals surface area contributed by atoms with E-state index in [1.54, 1.807) is 0 Å². The Morgan fingerprint density at radius 1 is 1.00 bits per heavy atom. The van der Waals surface area contributed by atoms with Crippen LogP contribution in [0.2, 0.25) is 0 Å². The number of nitrogens with zero attached hydrogens (tertiary/aromatic N) is 1. The maximum absolute atomic E-state index is 3.67. The van der Waals surface area contributed by atoms with Crippen molar-refractivity contribution in [3.8, 4) is 0 Å². The van der Waals surface area contributed by atoms with Crippen molar-refractivity contribution in [1.29, 1.82) is 0 Å². The van der Waals surface area contributed by atoms with E-state index in [0.29, 0.717) is 0 Å². The molecule has 2 aliphatic rings. The largest absolute Gasteiger partial charge is 0.315 e. The molecule has 0 aromatic heterocycles. The van der Waals surface area contributed by atoms with Crippen molar-refractivity contribution in [2.45, 2.75) is 51.9 Å². The van der Waals surface area contributed by atoms with Gasteiger partial charge in [0.25, 0.3) is 0 Å². The smallest absolute Gasteiger partial charge is 0.0107 e. The average Bonchev–Trinajstić information content (AvgIpc) is 2.38. The van der Waals surface area contributed by atoms with Gasteiger partial charge in [0, 0.05) is 13.1 Å². The predicted molar refractivity (Wildman–Crippen MR) is 74.3 cm³/mol. The molecule has 0 aromatic rings. The Balaban J connectivity index is 1.48. The molecule has 0 atom stereocenters. The van der Waals surface area contributed by atoms with Crippen LogP contribution in [0, 0.1) is 11.8 Å². The second-order valence-corrected chi connectivity index (χ2v) is 6.23. The third-order valence-corrected chi connectivity index (χ3v) is 4.64. The lowest BCUT2D eigenvalue weighted by molar-refractivity contribution is 0.191. The summed E-state index contributed by atoms with van der Waals surface area (Å²) in [5.74, 6) is 1.94. The molecule has 2 nitrogen and oxygen atoms in total. The van der Waals surface area contributed by atoms with Gasteiger partial charge in [-0.25, -0.2) is 0 Å². The number of piperidine rings is 1. The zero-order valence-corrected chi connectivity index (χ0v) is 11.6. The molecule has 1 heterocycles.